The molecule has 0 spiro atoms. The standard InChI is InChI=1S/C26H24N4O2S/c1-30(2)22-13-11-19(12-14-22)17-24(29-25(31)20-7-4-3-5-8-20)26(32)28-21-9-6-10-23(18-21)33-16-15-27/h3-14,17-18H,16H2,1-2H3,(H,28,32)(H,29,31)/b24-17+. The van der Waals surface area contributed by atoms with E-state index in [2.05, 4.69) is 16.7 Å². The first-order chi connectivity index (χ1) is 16.0. The predicted octanol–water partition coefficient (Wildman–Crippen LogP) is 4.78. The van der Waals surface area contributed by atoms with Crippen LogP contribution in [-0.2, 0) is 4.79 Å². The van der Waals surface area contributed by atoms with Crippen molar-refractivity contribution in [2.75, 3.05) is 30.1 Å². The molecule has 0 aliphatic carbocycles. The van der Waals surface area contributed by atoms with Gasteiger partial charge in [0.1, 0.15) is 5.70 Å². The average Bonchev–Trinajstić information content (AvgIpc) is 2.83. The predicted molar refractivity (Wildman–Crippen MR) is 134 cm³/mol. The number of nitriles is 1. The summed E-state index contributed by atoms with van der Waals surface area (Å²) in [4.78, 5) is 28.7. The van der Waals surface area contributed by atoms with Crippen molar-refractivity contribution in [3.8, 4) is 6.07 Å². The quantitative estimate of drug-likeness (QED) is 0.376. The number of carbonyl (C=O) groups is 2. The number of carbonyl (C=O) groups excluding carboxylic acids is 2. The van der Waals surface area contributed by atoms with Gasteiger partial charge in [0.25, 0.3) is 11.8 Å². The lowest BCUT2D eigenvalue weighted by molar-refractivity contribution is -0.113. The second-order valence-corrected chi connectivity index (χ2v) is 8.34. The minimum atomic E-state index is -0.446. The van der Waals surface area contributed by atoms with Crippen LogP contribution >= 0.6 is 11.8 Å². The van der Waals surface area contributed by atoms with Crippen molar-refractivity contribution in [2.24, 2.45) is 0 Å². The van der Waals surface area contributed by atoms with E-state index < -0.39 is 5.91 Å². The van der Waals surface area contributed by atoms with E-state index in [1.165, 1.54) is 11.8 Å². The third-order valence-corrected chi connectivity index (χ3v) is 5.51. The molecule has 2 N–H and O–H groups in total. The van der Waals surface area contributed by atoms with Crippen molar-refractivity contribution >= 4 is 41.0 Å². The molecular weight excluding hydrogens is 432 g/mol. The van der Waals surface area contributed by atoms with E-state index in [9.17, 15) is 9.59 Å². The van der Waals surface area contributed by atoms with Gasteiger partial charge in [0.15, 0.2) is 0 Å². The van der Waals surface area contributed by atoms with E-state index in [-0.39, 0.29) is 11.6 Å². The fraction of sp³-hybridized carbons (Fsp3) is 0.115. The lowest BCUT2D eigenvalue weighted by Crippen LogP contribution is -2.30. The van der Waals surface area contributed by atoms with Crippen LogP contribution in [0.4, 0.5) is 11.4 Å². The Balaban J connectivity index is 1.86. The number of thioether (sulfide) groups is 1. The number of hydrogen-bond acceptors (Lipinski definition) is 5. The lowest BCUT2D eigenvalue weighted by Gasteiger charge is -2.13. The van der Waals surface area contributed by atoms with Gasteiger partial charge in [0.05, 0.1) is 11.8 Å². The van der Waals surface area contributed by atoms with Gasteiger partial charge in [0, 0.05) is 35.9 Å². The summed E-state index contributed by atoms with van der Waals surface area (Å²) in [5.74, 6) is -0.503. The molecule has 0 aromatic heterocycles. The molecule has 0 radical (unpaired) electrons. The second kappa shape index (κ2) is 11.6. The van der Waals surface area contributed by atoms with E-state index >= 15 is 0 Å². The lowest BCUT2D eigenvalue weighted by atomic mass is 10.1. The molecule has 0 aliphatic rings. The number of hydrogen-bond donors (Lipinski definition) is 2. The summed E-state index contributed by atoms with van der Waals surface area (Å²) in [5, 5.41) is 14.4. The topological polar surface area (TPSA) is 85.2 Å². The Morgan fingerprint density at radius 2 is 1.73 bits per heavy atom. The summed E-state index contributed by atoms with van der Waals surface area (Å²) in [6, 6.07) is 25.7. The minimum absolute atomic E-state index is 0.122. The van der Waals surface area contributed by atoms with Crippen molar-refractivity contribution in [1.29, 1.82) is 5.26 Å². The van der Waals surface area contributed by atoms with Crippen LogP contribution in [0.15, 0.2) is 89.5 Å². The van der Waals surface area contributed by atoms with E-state index in [1.807, 2.05) is 55.4 Å². The maximum absolute atomic E-state index is 13.1. The molecule has 0 unspecified atom stereocenters. The van der Waals surface area contributed by atoms with Gasteiger partial charge in [-0.05, 0) is 54.1 Å². The number of anilines is 2. The molecular formula is C26H24N4O2S. The molecule has 0 atom stereocenters. The number of benzene rings is 3. The van der Waals surface area contributed by atoms with Crippen LogP contribution in [-0.4, -0.2) is 31.7 Å². The van der Waals surface area contributed by atoms with Crippen molar-refractivity contribution in [3.63, 3.8) is 0 Å². The highest BCUT2D eigenvalue weighted by atomic mass is 32.2. The zero-order valence-corrected chi connectivity index (χ0v) is 19.2. The van der Waals surface area contributed by atoms with Gasteiger partial charge in [0.2, 0.25) is 0 Å². The van der Waals surface area contributed by atoms with Crippen LogP contribution in [0.5, 0.6) is 0 Å². The first-order valence-corrected chi connectivity index (χ1v) is 11.2. The molecule has 2 amide bonds. The zero-order chi connectivity index (χ0) is 23.6. The van der Waals surface area contributed by atoms with Crippen molar-refractivity contribution in [2.45, 2.75) is 4.90 Å². The van der Waals surface area contributed by atoms with Gasteiger partial charge in [-0.1, -0.05) is 36.4 Å². The molecule has 0 saturated heterocycles. The molecule has 7 heteroatoms. The van der Waals surface area contributed by atoms with Gasteiger partial charge < -0.3 is 15.5 Å². The molecule has 3 rings (SSSR count). The molecule has 0 fully saturated rings. The van der Waals surface area contributed by atoms with Gasteiger partial charge in [-0.15, -0.1) is 11.8 Å². The summed E-state index contributed by atoms with van der Waals surface area (Å²) in [6.45, 7) is 0. The normalized spacial score (nSPS) is 10.8. The van der Waals surface area contributed by atoms with Crippen molar-refractivity contribution < 1.29 is 9.59 Å². The Kier molecular flexibility index (Phi) is 8.28. The highest BCUT2D eigenvalue weighted by molar-refractivity contribution is 7.99. The number of nitrogens with one attached hydrogen (secondary N) is 2. The average molecular weight is 457 g/mol. The number of rotatable bonds is 8. The summed E-state index contributed by atoms with van der Waals surface area (Å²) in [6.07, 6.45) is 1.64. The van der Waals surface area contributed by atoms with Crippen LogP contribution in [0.25, 0.3) is 6.08 Å². The molecule has 0 bridgehead atoms. The molecule has 0 aliphatic heterocycles. The maximum Gasteiger partial charge on any atom is 0.272 e. The van der Waals surface area contributed by atoms with Crippen LogP contribution in [0.1, 0.15) is 15.9 Å². The van der Waals surface area contributed by atoms with E-state index in [1.54, 1.807) is 48.5 Å². The fourth-order valence-corrected chi connectivity index (χ4v) is 3.57. The molecule has 166 valence electrons. The summed E-state index contributed by atoms with van der Waals surface area (Å²) in [7, 11) is 3.90. The van der Waals surface area contributed by atoms with Gasteiger partial charge >= 0.3 is 0 Å². The minimum Gasteiger partial charge on any atom is -0.378 e. The van der Waals surface area contributed by atoms with E-state index in [0.29, 0.717) is 17.0 Å². The smallest absolute Gasteiger partial charge is 0.272 e. The van der Waals surface area contributed by atoms with E-state index in [0.717, 1.165) is 16.1 Å². The van der Waals surface area contributed by atoms with Crippen LogP contribution in [0.3, 0.4) is 0 Å². The van der Waals surface area contributed by atoms with Crippen molar-refractivity contribution in [3.05, 3.63) is 95.7 Å². The Morgan fingerprint density at radius 3 is 2.39 bits per heavy atom. The Labute approximate surface area is 197 Å². The Hall–Kier alpha value is -4.02. The largest absolute Gasteiger partial charge is 0.378 e. The van der Waals surface area contributed by atoms with E-state index in [4.69, 9.17) is 5.26 Å². The Bertz CT molecular complexity index is 1180. The van der Waals surface area contributed by atoms with Gasteiger partial charge in [-0.3, -0.25) is 9.59 Å². The first kappa shape index (κ1) is 23.6. The monoisotopic (exact) mass is 456 g/mol. The molecule has 3 aromatic carbocycles. The SMILES string of the molecule is CN(C)c1ccc(/C=C(/NC(=O)c2ccccc2)C(=O)Nc2cccc(SCC#N)c2)cc1. The third kappa shape index (κ3) is 6.99. The fourth-order valence-electron chi connectivity index (χ4n) is 2.96. The maximum atomic E-state index is 13.1. The Morgan fingerprint density at radius 1 is 1.00 bits per heavy atom. The molecule has 0 heterocycles. The summed E-state index contributed by atoms with van der Waals surface area (Å²) < 4.78 is 0. The van der Waals surface area contributed by atoms with Crippen molar-refractivity contribution in [1.82, 2.24) is 5.32 Å². The second-order valence-electron chi connectivity index (χ2n) is 7.29. The zero-order valence-electron chi connectivity index (χ0n) is 18.4. The van der Waals surface area contributed by atoms with Crippen LogP contribution in [0, 0.1) is 11.3 Å². The number of amides is 2. The molecule has 0 saturated carbocycles. The van der Waals surface area contributed by atoms with Crippen LogP contribution < -0.4 is 15.5 Å². The molecule has 33 heavy (non-hydrogen) atoms. The summed E-state index contributed by atoms with van der Waals surface area (Å²) >= 11 is 1.38. The molecule has 3 aromatic rings. The summed E-state index contributed by atoms with van der Waals surface area (Å²) in [5.41, 5.74) is 2.95. The van der Waals surface area contributed by atoms with Gasteiger partial charge in [-0.25, -0.2) is 0 Å². The first-order valence-electron chi connectivity index (χ1n) is 10.2. The highest BCUT2D eigenvalue weighted by Gasteiger charge is 2.15. The van der Waals surface area contributed by atoms with Crippen LogP contribution in [0.2, 0.25) is 0 Å². The van der Waals surface area contributed by atoms with Gasteiger partial charge in [-0.2, -0.15) is 5.26 Å². The third-order valence-electron chi connectivity index (χ3n) is 4.64. The number of nitrogens with zero attached hydrogens (tertiary/aromatic N) is 2. The molecule has 6 nitrogen and oxygen atoms in total. The highest BCUT2D eigenvalue weighted by Crippen LogP contribution is 2.22.